The number of H-pyrrole nitrogens is 1. The zero-order chi connectivity index (χ0) is 15.4. The molecule has 2 rings (SSSR count). The first-order valence-electron chi connectivity index (χ1n) is 5.91. The van der Waals surface area contributed by atoms with E-state index >= 15 is 0 Å². The molecule has 0 aliphatic rings. The molecule has 0 saturated carbocycles. The summed E-state index contributed by atoms with van der Waals surface area (Å²) in [6.07, 6.45) is 0. The molecule has 0 fully saturated rings. The van der Waals surface area contributed by atoms with Crippen LogP contribution in [0.2, 0.25) is 0 Å². The molecule has 0 bridgehead atoms. The summed E-state index contributed by atoms with van der Waals surface area (Å²) in [7, 11) is 0. The van der Waals surface area contributed by atoms with Crippen LogP contribution in [0.1, 0.15) is 22.1 Å². The van der Waals surface area contributed by atoms with E-state index in [1.54, 1.807) is 30.3 Å². The van der Waals surface area contributed by atoms with Crippen molar-refractivity contribution >= 4 is 17.7 Å². The minimum atomic E-state index is -1.24. The molecule has 0 unspecified atom stereocenters. The van der Waals surface area contributed by atoms with E-state index in [-0.39, 0.29) is 11.5 Å². The lowest BCUT2D eigenvalue weighted by atomic mass is 10.1. The monoisotopic (exact) mass is 289 g/mol. The number of rotatable bonds is 5. The van der Waals surface area contributed by atoms with Crippen molar-refractivity contribution in [2.45, 2.75) is 6.04 Å². The van der Waals surface area contributed by atoms with Crippen LogP contribution in [0.25, 0.3) is 0 Å². The summed E-state index contributed by atoms with van der Waals surface area (Å²) in [4.78, 5) is 35.4. The maximum atomic E-state index is 11.9. The number of aromatic amines is 1. The van der Waals surface area contributed by atoms with Crippen molar-refractivity contribution in [3.05, 3.63) is 63.8 Å². The predicted octanol–water partition coefficient (Wildman–Crippen LogP) is 1.48. The van der Waals surface area contributed by atoms with Crippen LogP contribution in [0.5, 0.6) is 0 Å². The fourth-order valence-corrected chi connectivity index (χ4v) is 1.76. The molecule has 21 heavy (non-hydrogen) atoms. The van der Waals surface area contributed by atoms with Crippen LogP contribution < -0.4 is 5.32 Å². The number of hydrogen-bond donors (Lipinski definition) is 3. The number of carboxylic acid groups (broad SMARTS) is 1. The lowest BCUT2D eigenvalue weighted by Gasteiger charge is -2.13. The van der Waals surface area contributed by atoms with E-state index < -0.39 is 22.8 Å². The number of benzene rings is 1. The summed E-state index contributed by atoms with van der Waals surface area (Å²) in [5.41, 5.74) is 0.322. The molecule has 1 aromatic heterocycles. The largest absolute Gasteiger partial charge is 0.479 e. The minimum Gasteiger partial charge on any atom is -0.479 e. The molecule has 1 atom stereocenters. The van der Waals surface area contributed by atoms with E-state index in [1.165, 1.54) is 6.07 Å². The van der Waals surface area contributed by atoms with Crippen molar-refractivity contribution in [2.24, 2.45) is 0 Å². The van der Waals surface area contributed by atoms with Crippen molar-refractivity contribution in [1.29, 1.82) is 0 Å². The molecule has 3 N–H and O–H groups in total. The van der Waals surface area contributed by atoms with Crippen molar-refractivity contribution in [3.63, 3.8) is 0 Å². The number of aliphatic carboxylic acids is 1. The summed E-state index contributed by atoms with van der Waals surface area (Å²) in [5.74, 6) is -2.30. The fourth-order valence-electron chi connectivity index (χ4n) is 1.76. The molecule has 0 aliphatic heterocycles. The van der Waals surface area contributed by atoms with E-state index in [0.29, 0.717) is 5.56 Å². The Morgan fingerprint density at radius 2 is 1.86 bits per heavy atom. The molecule has 0 spiro atoms. The molecule has 1 heterocycles. The van der Waals surface area contributed by atoms with Gasteiger partial charge in [-0.1, -0.05) is 30.3 Å². The number of carboxylic acids is 1. The van der Waals surface area contributed by atoms with Gasteiger partial charge in [-0.25, -0.2) is 9.78 Å². The number of hydrogen-bond acceptors (Lipinski definition) is 4. The number of nitro groups is 1. The number of nitrogens with one attached hydrogen (secondary N) is 2. The van der Waals surface area contributed by atoms with Gasteiger partial charge in [0.15, 0.2) is 11.7 Å². The SMILES string of the molecule is O=C(N[C@H](C(=O)O)c1ccccc1)c1ccc([N+](=O)[O-])[nH]1. The lowest BCUT2D eigenvalue weighted by molar-refractivity contribution is -0.389. The summed E-state index contributed by atoms with van der Waals surface area (Å²) < 4.78 is 0. The highest BCUT2D eigenvalue weighted by atomic mass is 16.6. The van der Waals surface area contributed by atoms with Gasteiger partial charge in [0.25, 0.3) is 5.91 Å². The van der Waals surface area contributed by atoms with E-state index in [4.69, 9.17) is 0 Å². The number of carbonyl (C=O) groups excluding carboxylic acids is 1. The molecule has 2 aromatic rings. The second kappa shape index (κ2) is 5.87. The van der Waals surface area contributed by atoms with Gasteiger partial charge in [-0.15, -0.1) is 0 Å². The fraction of sp³-hybridized carbons (Fsp3) is 0.0769. The van der Waals surface area contributed by atoms with Gasteiger partial charge in [-0.2, -0.15) is 0 Å². The highest BCUT2D eigenvalue weighted by Crippen LogP contribution is 2.15. The summed E-state index contributed by atoms with van der Waals surface area (Å²) in [6, 6.07) is 9.27. The number of amides is 1. The number of carbonyl (C=O) groups is 2. The van der Waals surface area contributed by atoms with E-state index in [0.717, 1.165) is 6.07 Å². The molecular weight excluding hydrogens is 278 g/mol. The standard InChI is InChI=1S/C13H11N3O5/c17-12(9-6-7-10(14-9)16(20)21)15-11(13(18)19)8-4-2-1-3-5-8/h1-7,11,14H,(H,15,17)(H,18,19)/t11-/m0/s1. The zero-order valence-corrected chi connectivity index (χ0v) is 10.6. The van der Waals surface area contributed by atoms with Gasteiger partial charge >= 0.3 is 11.8 Å². The zero-order valence-electron chi connectivity index (χ0n) is 10.6. The average molecular weight is 289 g/mol. The molecule has 8 nitrogen and oxygen atoms in total. The van der Waals surface area contributed by atoms with Gasteiger partial charge in [0.2, 0.25) is 0 Å². The van der Waals surface area contributed by atoms with Crippen LogP contribution in [0.15, 0.2) is 42.5 Å². The Balaban J connectivity index is 2.19. The second-order valence-electron chi connectivity index (χ2n) is 4.17. The summed E-state index contributed by atoms with van der Waals surface area (Å²) in [5, 5.41) is 22.0. The Morgan fingerprint density at radius 1 is 1.19 bits per heavy atom. The quantitative estimate of drug-likeness (QED) is 0.567. The lowest BCUT2D eigenvalue weighted by Crippen LogP contribution is -2.33. The van der Waals surface area contributed by atoms with Crippen LogP contribution in [0.3, 0.4) is 0 Å². The smallest absolute Gasteiger partial charge is 0.330 e. The van der Waals surface area contributed by atoms with Crippen LogP contribution in [-0.4, -0.2) is 26.9 Å². The first kappa shape index (κ1) is 14.3. The highest BCUT2D eigenvalue weighted by Gasteiger charge is 2.24. The Bertz CT molecular complexity index is 680. The molecule has 0 aliphatic carbocycles. The van der Waals surface area contributed by atoms with Gasteiger partial charge in [0.05, 0.1) is 0 Å². The van der Waals surface area contributed by atoms with Crippen LogP contribution in [-0.2, 0) is 4.79 Å². The van der Waals surface area contributed by atoms with E-state index in [2.05, 4.69) is 10.3 Å². The van der Waals surface area contributed by atoms with E-state index in [1.807, 2.05) is 0 Å². The molecule has 108 valence electrons. The predicted molar refractivity (Wildman–Crippen MR) is 71.7 cm³/mol. The first-order chi connectivity index (χ1) is 9.99. The van der Waals surface area contributed by atoms with Gasteiger partial charge in [-0.3, -0.25) is 4.79 Å². The third-order valence-electron chi connectivity index (χ3n) is 2.77. The molecule has 1 amide bonds. The number of nitrogens with zero attached hydrogens (tertiary/aromatic N) is 1. The van der Waals surface area contributed by atoms with Gasteiger partial charge in [0.1, 0.15) is 0 Å². The van der Waals surface area contributed by atoms with Crippen LogP contribution in [0.4, 0.5) is 5.82 Å². The Kier molecular flexibility index (Phi) is 3.98. The normalized spacial score (nSPS) is 11.6. The maximum Gasteiger partial charge on any atom is 0.330 e. The molecule has 0 saturated heterocycles. The van der Waals surface area contributed by atoms with E-state index in [9.17, 15) is 24.8 Å². The minimum absolute atomic E-state index is 0.0797. The first-order valence-corrected chi connectivity index (χ1v) is 5.91. The van der Waals surface area contributed by atoms with Crippen LogP contribution in [0, 0.1) is 10.1 Å². The highest BCUT2D eigenvalue weighted by molar-refractivity contribution is 5.95. The Morgan fingerprint density at radius 3 is 2.38 bits per heavy atom. The van der Waals surface area contributed by atoms with Crippen molar-refractivity contribution < 1.29 is 19.6 Å². The molecule has 1 aromatic carbocycles. The van der Waals surface area contributed by atoms with Gasteiger partial charge in [-0.05, 0) is 16.6 Å². The molecule has 8 heteroatoms. The molecule has 0 radical (unpaired) electrons. The van der Waals surface area contributed by atoms with Crippen molar-refractivity contribution in [3.8, 4) is 0 Å². The van der Waals surface area contributed by atoms with Gasteiger partial charge in [0, 0.05) is 6.07 Å². The number of aromatic nitrogens is 1. The summed E-state index contributed by atoms with van der Waals surface area (Å²) >= 11 is 0. The van der Waals surface area contributed by atoms with Gasteiger partial charge < -0.3 is 20.5 Å². The topological polar surface area (TPSA) is 125 Å². The Labute approximate surface area is 118 Å². The summed E-state index contributed by atoms with van der Waals surface area (Å²) in [6.45, 7) is 0. The maximum absolute atomic E-state index is 11.9. The average Bonchev–Trinajstić information content (AvgIpc) is 2.95. The van der Waals surface area contributed by atoms with Crippen molar-refractivity contribution in [2.75, 3.05) is 0 Å². The third-order valence-corrected chi connectivity index (χ3v) is 2.77. The second-order valence-corrected chi connectivity index (χ2v) is 4.17. The van der Waals surface area contributed by atoms with Crippen LogP contribution >= 0.6 is 0 Å². The van der Waals surface area contributed by atoms with Crippen molar-refractivity contribution in [1.82, 2.24) is 10.3 Å². The molecular formula is C13H11N3O5. The Hall–Kier alpha value is -3.16. The third kappa shape index (κ3) is 3.24.